The van der Waals surface area contributed by atoms with E-state index < -0.39 is 0 Å². The minimum absolute atomic E-state index is 0.0882. The molecule has 1 aromatic heterocycles. The molecule has 90 valence electrons. The van der Waals surface area contributed by atoms with E-state index >= 15 is 0 Å². The average Bonchev–Trinajstić information content (AvgIpc) is 2.82. The molecule has 2 atom stereocenters. The Hall–Kier alpha value is -1.85. The molecule has 1 rings (SSSR count). The monoisotopic (exact) mass is 231 g/mol. The second-order valence-corrected chi connectivity index (χ2v) is 4.06. The molecule has 0 aromatic carbocycles. The van der Waals surface area contributed by atoms with Crippen molar-refractivity contribution in [3.63, 3.8) is 0 Å². The first-order chi connectivity index (χ1) is 8.26. The van der Waals surface area contributed by atoms with Gasteiger partial charge in [-0.15, -0.1) is 0 Å². The maximum Gasteiger partial charge on any atom is 0.0669 e. The van der Waals surface area contributed by atoms with Gasteiger partial charge in [0.1, 0.15) is 0 Å². The molecule has 0 aliphatic heterocycles. The van der Waals surface area contributed by atoms with E-state index in [2.05, 4.69) is 29.5 Å². The van der Waals surface area contributed by atoms with Gasteiger partial charge in [-0.1, -0.05) is 0 Å². The standard InChI is InChI=1S/C12H17N5/c1-11(10-17-7-3-6-16-17)15-9-12(8-14)4-2-5-13/h3,6-7,11-12,15H,2,4,9-10H2,1H3/t11-,12-/m0/s1. The summed E-state index contributed by atoms with van der Waals surface area (Å²) in [6.45, 7) is 3.46. The molecule has 1 N–H and O–H groups in total. The molecule has 0 unspecified atom stereocenters. The smallest absolute Gasteiger partial charge is 0.0669 e. The molecule has 0 bridgehead atoms. The third-order valence-corrected chi connectivity index (χ3v) is 2.52. The van der Waals surface area contributed by atoms with Gasteiger partial charge in [-0.05, 0) is 19.4 Å². The molecule has 0 fully saturated rings. The lowest BCUT2D eigenvalue weighted by atomic mass is 10.1. The molecular formula is C12H17N5. The number of aromatic nitrogens is 2. The molecule has 0 spiro atoms. The molecule has 0 saturated carbocycles. The van der Waals surface area contributed by atoms with Crippen LogP contribution >= 0.6 is 0 Å². The van der Waals surface area contributed by atoms with Crippen LogP contribution in [0.5, 0.6) is 0 Å². The maximum atomic E-state index is 8.91. The highest BCUT2D eigenvalue weighted by Gasteiger charge is 2.09. The molecule has 0 aliphatic rings. The molecule has 17 heavy (non-hydrogen) atoms. The summed E-state index contributed by atoms with van der Waals surface area (Å²) in [6.07, 6.45) is 4.73. The zero-order valence-electron chi connectivity index (χ0n) is 10.0. The summed E-state index contributed by atoms with van der Waals surface area (Å²) >= 11 is 0. The Labute approximate surface area is 102 Å². The Morgan fingerprint density at radius 1 is 1.47 bits per heavy atom. The normalized spacial score (nSPS) is 13.6. The van der Waals surface area contributed by atoms with Crippen molar-refractivity contribution in [2.75, 3.05) is 6.54 Å². The lowest BCUT2D eigenvalue weighted by Crippen LogP contribution is -2.34. The number of hydrogen-bond donors (Lipinski definition) is 1. The number of nitrogens with zero attached hydrogens (tertiary/aromatic N) is 4. The number of hydrogen-bond acceptors (Lipinski definition) is 4. The summed E-state index contributed by atoms with van der Waals surface area (Å²) in [4.78, 5) is 0. The molecular weight excluding hydrogens is 214 g/mol. The van der Waals surface area contributed by atoms with E-state index in [1.165, 1.54) is 0 Å². The topological polar surface area (TPSA) is 77.4 Å². The van der Waals surface area contributed by atoms with Crippen LogP contribution in [0.15, 0.2) is 18.5 Å². The van der Waals surface area contributed by atoms with E-state index in [1.54, 1.807) is 6.20 Å². The molecule has 1 heterocycles. The minimum atomic E-state index is -0.0882. The fourth-order valence-corrected chi connectivity index (χ4v) is 1.55. The van der Waals surface area contributed by atoms with Crippen LogP contribution in [-0.2, 0) is 6.54 Å². The number of rotatable bonds is 7. The first-order valence-electron chi connectivity index (χ1n) is 5.73. The van der Waals surface area contributed by atoms with Gasteiger partial charge < -0.3 is 5.32 Å². The fourth-order valence-electron chi connectivity index (χ4n) is 1.55. The second-order valence-electron chi connectivity index (χ2n) is 4.06. The van der Waals surface area contributed by atoms with Crippen molar-refractivity contribution in [2.45, 2.75) is 32.4 Å². The van der Waals surface area contributed by atoms with Crippen molar-refractivity contribution in [1.29, 1.82) is 10.5 Å². The zero-order chi connectivity index (χ0) is 12.5. The zero-order valence-corrected chi connectivity index (χ0v) is 10.0. The van der Waals surface area contributed by atoms with E-state index in [1.807, 2.05) is 16.9 Å². The van der Waals surface area contributed by atoms with E-state index in [4.69, 9.17) is 10.5 Å². The van der Waals surface area contributed by atoms with E-state index in [0.29, 0.717) is 19.4 Å². The fraction of sp³-hybridized carbons (Fsp3) is 0.583. The summed E-state index contributed by atoms with van der Waals surface area (Å²) in [5.74, 6) is -0.0882. The van der Waals surface area contributed by atoms with Crippen LogP contribution in [0.25, 0.3) is 0 Å². The lowest BCUT2D eigenvalue weighted by molar-refractivity contribution is 0.422. The largest absolute Gasteiger partial charge is 0.311 e. The first-order valence-corrected chi connectivity index (χ1v) is 5.73. The summed E-state index contributed by atoms with van der Waals surface area (Å²) in [7, 11) is 0. The van der Waals surface area contributed by atoms with Crippen LogP contribution in [0.4, 0.5) is 0 Å². The molecule has 0 radical (unpaired) electrons. The van der Waals surface area contributed by atoms with Crippen LogP contribution in [0, 0.1) is 28.6 Å². The number of nitrogens with one attached hydrogen (secondary N) is 1. The van der Waals surface area contributed by atoms with Crippen LogP contribution in [0.1, 0.15) is 19.8 Å². The van der Waals surface area contributed by atoms with Crippen LogP contribution in [0.2, 0.25) is 0 Å². The van der Waals surface area contributed by atoms with E-state index in [-0.39, 0.29) is 12.0 Å². The van der Waals surface area contributed by atoms with Gasteiger partial charge in [-0.25, -0.2) is 0 Å². The highest BCUT2D eigenvalue weighted by molar-refractivity contribution is 4.88. The van der Waals surface area contributed by atoms with E-state index in [0.717, 1.165) is 6.54 Å². The third-order valence-electron chi connectivity index (χ3n) is 2.52. The van der Waals surface area contributed by atoms with Crippen molar-refractivity contribution >= 4 is 0 Å². The average molecular weight is 231 g/mol. The molecule has 1 aromatic rings. The van der Waals surface area contributed by atoms with Gasteiger partial charge in [0.2, 0.25) is 0 Å². The van der Waals surface area contributed by atoms with Crippen LogP contribution in [0.3, 0.4) is 0 Å². The van der Waals surface area contributed by atoms with Gasteiger partial charge in [0, 0.05) is 31.4 Å². The highest BCUT2D eigenvalue weighted by atomic mass is 15.3. The van der Waals surface area contributed by atoms with Gasteiger partial charge in [-0.3, -0.25) is 4.68 Å². The second kappa shape index (κ2) is 7.43. The van der Waals surface area contributed by atoms with Crippen molar-refractivity contribution < 1.29 is 0 Å². The summed E-state index contributed by atoms with van der Waals surface area (Å²) in [5, 5.41) is 24.8. The van der Waals surface area contributed by atoms with Gasteiger partial charge >= 0.3 is 0 Å². The van der Waals surface area contributed by atoms with Crippen molar-refractivity contribution in [3.8, 4) is 12.1 Å². The van der Waals surface area contributed by atoms with Gasteiger partial charge in [-0.2, -0.15) is 15.6 Å². The summed E-state index contributed by atoms with van der Waals surface area (Å²) in [5.41, 5.74) is 0. The van der Waals surface area contributed by atoms with Crippen molar-refractivity contribution in [2.24, 2.45) is 5.92 Å². The minimum Gasteiger partial charge on any atom is -0.311 e. The Bertz CT molecular complexity index is 384. The molecule has 0 saturated heterocycles. The number of nitriles is 2. The Balaban J connectivity index is 2.25. The third kappa shape index (κ3) is 5.14. The molecule has 0 aliphatic carbocycles. The maximum absolute atomic E-state index is 8.91. The van der Waals surface area contributed by atoms with E-state index in [9.17, 15) is 0 Å². The lowest BCUT2D eigenvalue weighted by Gasteiger charge is -2.15. The molecule has 5 heteroatoms. The quantitative estimate of drug-likeness (QED) is 0.767. The van der Waals surface area contributed by atoms with Gasteiger partial charge in [0.15, 0.2) is 0 Å². The molecule has 5 nitrogen and oxygen atoms in total. The van der Waals surface area contributed by atoms with Gasteiger partial charge in [0.25, 0.3) is 0 Å². The molecule has 0 amide bonds. The summed E-state index contributed by atoms with van der Waals surface area (Å²) < 4.78 is 1.86. The highest BCUT2D eigenvalue weighted by Crippen LogP contribution is 2.03. The first kappa shape index (κ1) is 13.2. The Morgan fingerprint density at radius 2 is 2.29 bits per heavy atom. The SMILES string of the molecule is C[C@@H](Cn1cccn1)NC[C@H](C#N)CCC#N. The van der Waals surface area contributed by atoms with Gasteiger partial charge in [0.05, 0.1) is 24.6 Å². The Kier molecular flexibility index (Phi) is 5.77. The predicted octanol–water partition coefficient (Wildman–Crippen LogP) is 1.30. The van der Waals surface area contributed by atoms with Crippen molar-refractivity contribution in [3.05, 3.63) is 18.5 Å². The summed E-state index contributed by atoms with van der Waals surface area (Å²) in [6, 6.07) is 6.42. The van der Waals surface area contributed by atoms with Crippen LogP contribution in [-0.4, -0.2) is 22.4 Å². The van der Waals surface area contributed by atoms with Crippen molar-refractivity contribution in [1.82, 2.24) is 15.1 Å². The Morgan fingerprint density at radius 3 is 2.88 bits per heavy atom. The predicted molar refractivity (Wildman–Crippen MR) is 63.6 cm³/mol. The van der Waals surface area contributed by atoms with Crippen LogP contribution < -0.4 is 5.32 Å².